The molecule has 5 N–H and O–H groups in total. The molecule has 0 fully saturated rings. The number of nitrogens with one attached hydrogen (secondary N) is 1. The van der Waals surface area contributed by atoms with Crippen molar-refractivity contribution >= 4 is 40.6 Å². The molecule has 1 heterocycles. The molecule has 3 aromatic rings. The number of aliphatic hydroxyl groups excluding tert-OH is 1. The minimum atomic E-state index is -3.87. The van der Waals surface area contributed by atoms with Crippen LogP contribution >= 0.6 is 24.8 Å². The van der Waals surface area contributed by atoms with Gasteiger partial charge in [0, 0.05) is 24.0 Å². The Kier molecular flexibility index (Phi) is 10.9. The number of aromatic nitrogens is 1. The van der Waals surface area contributed by atoms with Crippen LogP contribution in [0.2, 0.25) is 0 Å². The van der Waals surface area contributed by atoms with Crippen molar-refractivity contribution in [2.75, 3.05) is 13.1 Å². The predicted octanol–water partition coefficient (Wildman–Crippen LogP) is 2.74. The van der Waals surface area contributed by atoms with Crippen molar-refractivity contribution in [3.05, 3.63) is 83.2 Å². The first-order chi connectivity index (χ1) is 15.2. The number of aryl methyl sites for hydroxylation is 1. The van der Waals surface area contributed by atoms with E-state index in [-0.39, 0.29) is 45.9 Å². The van der Waals surface area contributed by atoms with Gasteiger partial charge in [0.05, 0.1) is 21.5 Å². The second-order valence-corrected chi connectivity index (χ2v) is 9.34. The molecule has 1 amide bonds. The third-order valence-electron chi connectivity index (χ3n) is 5.02. The molecule has 0 radical (unpaired) electrons. The van der Waals surface area contributed by atoms with Crippen LogP contribution in [0.15, 0.2) is 70.6 Å². The van der Waals surface area contributed by atoms with Crippen molar-refractivity contribution in [1.29, 1.82) is 0 Å². The summed E-state index contributed by atoms with van der Waals surface area (Å²) in [6.45, 7) is 2.86. The van der Waals surface area contributed by atoms with Crippen LogP contribution in [0.4, 0.5) is 0 Å². The third-order valence-corrected chi connectivity index (χ3v) is 6.79. The number of phenols is 1. The van der Waals surface area contributed by atoms with Crippen LogP contribution in [0.25, 0.3) is 0 Å². The van der Waals surface area contributed by atoms with Gasteiger partial charge in [-0.2, -0.15) is 0 Å². The largest absolute Gasteiger partial charge is 0.507 e. The van der Waals surface area contributed by atoms with Crippen molar-refractivity contribution < 1.29 is 23.4 Å². The second kappa shape index (κ2) is 12.7. The lowest BCUT2D eigenvalue weighted by molar-refractivity contribution is 0.0997. The zero-order chi connectivity index (χ0) is 23.3. The molecule has 0 aliphatic rings. The lowest BCUT2D eigenvalue weighted by atomic mass is 10.1. The number of sulfone groups is 1. The number of hydrogen-bond donors (Lipinski definition) is 4. The molecule has 34 heavy (non-hydrogen) atoms. The summed E-state index contributed by atoms with van der Waals surface area (Å²) in [6, 6.07) is 13.5. The molecule has 8 nitrogen and oxygen atoms in total. The maximum absolute atomic E-state index is 12.8. The molecule has 0 spiro atoms. The molecule has 184 valence electrons. The van der Waals surface area contributed by atoms with Crippen LogP contribution in [0, 0.1) is 6.92 Å². The van der Waals surface area contributed by atoms with Gasteiger partial charge in [-0.15, -0.1) is 24.8 Å². The van der Waals surface area contributed by atoms with E-state index in [1.54, 1.807) is 18.3 Å². The van der Waals surface area contributed by atoms with E-state index in [9.17, 15) is 23.4 Å². The third kappa shape index (κ3) is 7.15. The van der Waals surface area contributed by atoms with Crippen molar-refractivity contribution in [2.45, 2.75) is 29.2 Å². The molecule has 0 saturated carbocycles. The highest BCUT2D eigenvalue weighted by Crippen LogP contribution is 2.26. The molecule has 0 saturated heterocycles. The molecule has 1 aromatic heterocycles. The Morgan fingerprint density at radius 2 is 1.71 bits per heavy atom. The minimum Gasteiger partial charge on any atom is -0.507 e. The Morgan fingerprint density at radius 1 is 1.06 bits per heavy atom. The fraction of sp³-hybridized carbons (Fsp3) is 0.217. The van der Waals surface area contributed by atoms with Gasteiger partial charge in [-0.3, -0.25) is 9.78 Å². The van der Waals surface area contributed by atoms with Crippen LogP contribution in [-0.2, 0) is 16.3 Å². The number of aliphatic hydroxyl groups is 1. The van der Waals surface area contributed by atoms with E-state index in [0.717, 1.165) is 29.0 Å². The number of rotatable bonds is 9. The second-order valence-electron chi connectivity index (χ2n) is 7.39. The number of nitrogens with zero attached hydrogens (tertiary/aromatic N) is 1. The monoisotopic (exact) mass is 527 g/mol. The van der Waals surface area contributed by atoms with Gasteiger partial charge in [0.15, 0.2) is 0 Å². The van der Waals surface area contributed by atoms with E-state index in [2.05, 4.69) is 10.3 Å². The zero-order valence-corrected chi connectivity index (χ0v) is 20.8. The lowest BCUT2D eigenvalue weighted by Gasteiger charge is -2.12. The van der Waals surface area contributed by atoms with E-state index < -0.39 is 21.8 Å². The Hall–Kier alpha value is -2.69. The highest BCUT2D eigenvalue weighted by Gasteiger charge is 2.20. The van der Waals surface area contributed by atoms with E-state index in [1.807, 2.05) is 19.1 Å². The van der Waals surface area contributed by atoms with Gasteiger partial charge in [0.1, 0.15) is 5.75 Å². The Balaban J connectivity index is 0.00000289. The number of aromatic hydroxyl groups is 1. The fourth-order valence-electron chi connectivity index (χ4n) is 3.12. The lowest BCUT2D eigenvalue weighted by Crippen LogP contribution is -2.23. The molecule has 0 bridgehead atoms. The molecular formula is C23H27Cl2N3O5S. The molecule has 1 atom stereocenters. The normalized spacial score (nSPS) is 11.7. The van der Waals surface area contributed by atoms with Crippen LogP contribution in [0.5, 0.6) is 5.75 Å². The molecule has 3 rings (SSSR count). The maximum Gasteiger partial charge on any atom is 0.252 e. The summed E-state index contributed by atoms with van der Waals surface area (Å²) in [6.07, 6.45) is 1.64. The average molecular weight is 528 g/mol. The van der Waals surface area contributed by atoms with Gasteiger partial charge in [-0.25, -0.2) is 8.42 Å². The number of hydrogen-bond acceptors (Lipinski definition) is 7. The standard InChI is InChI=1S/C23H25N3O5S.2ClH/c1-15-2-5-17(13-26-15)22(28)14-25-11-10-16-3-6-18(7-4-16)32(30,31)19-8-9-21(27)20(12-19)23(24)29;;/h2-9,12-13,22,25,27-28H,10-11,14H2,1H3,(H2,24,29);2*1H/t22-;;/m1../s1. The SMILES string of the molecule is Cc1ccc([C@H](O)CNCCc2ccc(S(=O)(=O)c3ccc(O)c(C(N)=O)c3)cc2)cn1.Cl.Cl. The molecule has 0 aliphatic heterocycles. The smallest absolute Gasteiger partial charge is 0.252 e. The Labute approximate surface area is 211 Å². The summed E-state index contributed by atoms with van der Waals surface area (Å²) in [7, 11) is -3.87. The molecule has 0 aliphatic carbocycles. The zero-order valence-electron chi connectivity index (χ0n) is 18.3. The number of amides is 1. The molecule has 2 aromatic carbocycles. The van der Waals surface area contributed by atoms with Gasteiger partial charge in [-0.05, 0) is 61.9 Å². The first-order valence-electron chi connectivity index (χ1n) is 9.96. The van der Waals surface area contributed by atoms with E-state index in [0.29, 0.717) is 19.5 Å². The number of benzene rings is 2. The summed E-state index contributed by atoms with van der Waals surface area (Å²) < 4.78 is 25.7. The summed E-state index contributed by atoms with van der Waals surface area (Å²) in [4.78, 5) is 15.5. The van der Waals surface area contributed by atoms with Crippen LogP contribution in [0.1, 0.15) is 33.3 Å². The quantitative estimate of drug-likeness (QED) is 0.313. The molecular weight excluding hydrogens is 501 g/mol. The summed E-state index contributed by atoms with van der Waals surface area (Å²) >= 11 is 0. The number of nitrogens with two attached hydrogens (primary N) is 1. The van der Waals surface area contributed by atoms with Crippen LogP contribution in [-0.4, -0.2) is 42.6 Å². The van der Waals surface area contributed by atoms with Gasteiger partial charge >= 0.3 is 0 Å². The number of primary amides is 1. The average Bonchev–Trinajstić information content (AvgIpc) is 2.77. The number of halogens is 2. The fourth-order valence-corrected chi connectivity index (χ4v) is 4.40. The highest BCUT2D eigenvalue weighted by molar-refractivity contribution is 7.91. The number of carbonyl (C=O) groups is 1. The van der Waals surface area contributed by atoms with Gasteiger partial charge < -0.3 is 21.3 Å². The van der Waals surface area contributed by atoms with Crippen LogP contribution in [0.3, 0.4) is 0 Å². The summed E-state index contributed by atoms with van der Waals surface area (Å²) in [5.41, 5.74) is 7.48. The van der Waals surface area contributed by atoms with Crippen molar-refractivity contribution in [2.24, 2.45) is 5.73 Å². The van der Waals surface area contributed by atoms with E-state index in [1.165, 1.54) is 18.2 Å². The highest BCUT2D eigenvalue weighted by atomic mass is 35.5. The van der Waals surface area contributed by atoms with Crippen LogP contribution < -0.4 is 11.1 Å². The summed E-state index contributed by atoms with van der Waals surface area (Å²) in [5.74, 6) is -1.28. The van der Waals surface area contributed by atoms with Crippen molar-refractivity contribution in [1.82, 2.24) is 10.3 Å². The number of pyridine rings is 1. The van der Waals surface area contributed by atoms with Crippen molar-refractivity contribution in [3.8, 4) is 5.75 Å². The topological polar surface area (TPSA) is 143 Å². The molecule has 11 heteroatoms. The first-order valence-corrected chi connectivity index (χ1v) is 11.4. The predicted molar refractivity (Wildman–Crippen MR) is 134 cm³/mol. The van der Waals surface area contributed by atoms with Gasteiger partial charge in [0.2, 0.25) is 9.84 Å². The maximum atomic E-state index is 12.8. The molecule has 0 unspecified atom stereocenters. The van der Waals surface area contributed by atoms with Gasteiger partial charge in [-0.1, -0.05) is 18.2 Å². The van der Waals surface area contributed by atoms with Crippen molar-refractivity contribution in [3.63, 3.8) is 0 Å². The Morgan fingerprint density at radius 3 is 2.29 bits per heavy atom. The Bertz CT molecular complexity index is 1200. The summed E-state index contributed by atoms with van der Waals surface area (Å²) in [5, 5.41) is 23.0. The van der Waals surface area contributed by atoms with E-state index in [4.69, 9.17) is 5.73 Å². The number of carbonyl (C=O) groups excluding carboxylic acids is 1. The first kappa shape index (κ1) is 29.3. The van der Waals surface area contributed by atoms with E-state index >= 15 is 0 Å². The van der Waals surface area contributed by atoms with Gasteiger partial charge in [0.25, 0.3) is 5.91 Å². The minimum absolute atomic E-state index is 0.